The molecule has 2 saturated heterocycles. The van der Waals surface area contributed by atoms with Crippen LogP contribution in [0.4, 0.5) is 18.4 Å². The molecule has 8 heteroatoms. The number of halogens is 2. The molecule has 2 amide bonds. The molecule has 0 aromatic heterocycles. The molecule has 52 heavy (non-hydrogen) atoms. The quantitative estimate of drug-likeness (QED) is 0.183. The number of fused-ring (bicyclic) bond motifs is 2. The van der Waals surface area contributed by atoms with Crippen molar-refractivity contribution >= 4 is 12.2 Å². The zero-order valence-corrected chi connectivity index (χ0v) is 29.6. The normalized spacial score (nSPS) is 27.3. The van der Waals surface area contributed by atoms with Gasteiger partial charge in [-0.15, -0.1) is 0 Å². The number of carbonyl (C=O) groups excluding carboxylic acids is 2. The lowest BCUT2D eigenvalue weighted by Crippen LogP contribution is -2.33. The number of likely N-dealkylation sites (tertiary alicyclic amines) is 2. The summed E-state index contributed by atoms with van der Waals surface area (Å²) in [4.78, 5) is 28.1. The van der Waals surface area contributed by atoms with Crippen molar-refractivity contribution in [1.29, 1.82) is 0 Å². The minimum Gasteiger partial charge on any atom is -0.445 e. The molecule has 0 N–H and O–H groups in total. The molecule has 4 aromatic rings. The number of alkyl halides is 2. The summed E-state index contributed by atoms with van der Waals surface area (Å²) >= 11 is 0. The van der Waals surface area contributed by atoms with Crippen molar-refractivity contribution in [3.63, 3.8) is 0 Å². The van der Waals surface area contributed by atoms with E-state index in [2.05, 4.69) is 0 Å². The van der Waals surface area contributed by atoms with E-state index in [9.17, 15) is 9.59 Å². The van der Waals surface area contributed by atoms with E-state index in [0.717, 1.165) is 22.3 Å². The fraction of sp³-hybridized carbons (Fsp3) is 0.409. The van der Waals surface area contributed by atoms with Crippen LogP contribution in [0.3, 0.4) is 0 Å². The summed E-state index contributed by atoms with van der Waals surface area (Å²) in [5.41, 5.74) is 1.77. The topological polar surface area (TPSA) is 59.1 Å². The number of ether oxygens (including phenoxy) is 2. The summed E-state index contributed by atoms with van der Waals surface area (Å²) in [7, 11) is 0. The number of benzene rings is 4. The number of hydrogen-bond acceptors (Lipinski definition) is 4. The molecule has 2 unspecified atom stereocenters. The molecule has 2 aliphatic heterocycles. The van der Waals surface area contributed by atoms with Gasteiger partial charge in [0.15, 0.2) is 0 Å². The van der Waals surface area contributed by atoms with E-state index < -0.39 is 11.3 Å². The van der Waals surface area contributed by atoms with Crippen LogP contribution in [0.15, 0.2) is 121 Å². The fourth-order valence-corrected chi connectivity index (χ4v) is 8.98. The van der Waals surface area contributed by atoms with Gasteiger partial charge in [0.05, 0.1) is 0 Å². The highest BCUT2D eigenvalue weighted by Gasteiger charge is 2.51. The molecule has 0 spiro atoms. The van der Waals surface area contributed by atoms with Crippen LogP contribution in [0, 0.1) is 23.7 Å². The minimum atomic E-state index is -1.14. The molecular formula is C44H48F2N2O4. The zero-order chi connectivity index (χ0) is 36.0. The Balaban J connectivity index is 0.000000162. The number of nitrogens with zero attached hydrogens (tertiary/aromatic N) is 2. The Morgan fingerprint density at radius 1 is 0.481 bits per heavy atom. The maximum absolute atomic E-state index is 15.3. The maximum atomic E-state index is 15.3. The van der Waals surface area contributed by atoms with Gasteiger partial charge < -0.3 is 19.3 Å². The van der Waals surface area contributed by atoms with E-state index in [4.69, 9.17) is 9.47 Å². The Bertz CT molecular complexity index is 1600. The van der Waals surface area contributed by atoms with Gasteiger partial charge in [0, 0.05) is 39.0 Å². The van der Waals surface area contributed by atoms with Crippen LogP contribution >= 0.6 is 0 Å². The van der Waals surface area contributed by atoms with Crippen LogP contribution in [0.25, 0.3) is 0 Å². The van der Waals surface area contributed by atoms with Gasteiger partial charge in [-0.1, -0.05) is 121 Å². The number of carbonyl (C=O) groups is 2. The summed E-state index contributed by atoms with van der Waals surface area (Å²) in [5.74, 6) is 0.974. The molecule has 8 rings (SSSR count). The molecule has 4 aliphatic rings. The minimum absolute atomic E-state index is 0.244. The van der Waals surface area contributed by atoms with Gasteiger partial charge in [-0.2, -0.15) is 0 Å². The van der Waals surface area contributed by atoms with E-state index in [1.807, 2.05) is 121 Å². The molecule has 0 bridgehead atoms. The Hall–Kier alpha value is -4.72. The second-order valence-corrected chi connectivity index (χ2v) is 15.4. The Morgan fingerprint density at radius 2 is 0.750 bits per heavy atom. The number of hydrogen-bond donors (Lipinski definition) is 0. The third-order valence-corrected chi connectivity index (χ3v) is 11.3. The Kier molecular flexibility index (Phi) is 10.9. The van der Waals surface area contributed by atoms with E-state index in [-0.39, 0.29) is 49.1 Å². The van der Waals surface area contributed by atoms with Crippen LogP contribution in [0.1, 0.15) is 47.9 Å². The van der Waals surface area contributed by atoms with Gasteiger partial charge in [-0.05, 0) is 71.6 Å². The van der Waals surface area contributed by atoms with Crippen LogP contribution in [0.5, 0.6) is 0 Å². The van der Waals surface area contributed by atoms with Crippen molar-refractivity contribution in [1.82, 2.24) is 9.80 Å². The fourth-order valence-electron chi connectivity index (χ4n) is 8.98. The summed E-state index contributed by atoms with van der Waals surface area (Å²) in [5, 5.41) is 0. The molecule has 2 heterocycles. The van der Waals surface area contributed by atoms with Crippen molar-refractivity contribution in [2.45, 2.75) is 63.1 Å². The predicted octanol–water partition coefficient (Wildman–Crippen LogP) is 9.23. The maximum Gasteiger partial charge on any atom is 0.410 e. The highest BCUT2D eigenvalue weighted by molar-refractivity contribution is 5.68. The average molecular weight is 707 g/mol. The summed E-state index contributed by atoms with van der Waals surface area (Å²) in [6, 6.07) is 39.0. The highest BCUT2D eigenvalue weighted by Crippen LogP contribution is 2.49. The van der Waals surface area contributed by atoms with E-state index in [1.54, 1.807) is 9.80 Å². The first-order valence-electron chi connectivity index (χ1n) is 18.6. The first-order valence-corrected chi connectivity index (χ1v) is 18.6. The number of amides is 2. The summed E-state index contributed by atoms with van der Waals surface area (Å²) in [6.45, 7) is 3.01. The lowest BCUT2D eigenvalue weighted by atomic mass is 9.93. The van der Waals surface area contributed by atoms with Crippen molar-refractivity contribution in [2.24, 2.45) is 23.7 Å². The molecule has 6 atom stereocenters. The molecule has 2 saturated carbocycles. The third kappa shape index (κ3) is 9.01. The van der Waals surface area contributed by atoms with E-state index in [0.29, 0.717) is 64.7 Å². The molecule has 4 aromatic carbocycles. The summed E-state index contributed by atoms with van der Waals surface area (Å²) in [6.07, 6.45) is 2.53. The van der Waals surface area contributed by atoms with E-state index >= 15 is 8.78 Å². The largest absolute Gasteiger partial charge is 0.445 e. The number of rotatable bonds is 8. The van der Waals surface area contributed by atoms with E-state index in [1.165, 1.54) is 0 Å². The first-order chi connectivity index (χ1) is 25.2. The second-order valence-electron chi connectivity index (χ2n) is 15.4. The SMILES string of the molecule is O=C(OCc1ccccc1)N1C[C@@H]2CC(F)(Cc3ccccc3)C[C@@H]2C1.O=C(OCc1ccccc1)N1C[C@@H]2CC(F)(Cc3ccccc3)C[C@@H]2C1. The summed E-state index contributed by atoms with van der Waals surface area (Å²) < 4.78 is 41.4. The molecule has 2 aliphatic carbocycles. The second kappa shape index (κ2) is 15.9. The monoisotopic (exact) mass is 706 g/mol. The van der Waals surface area contributed by atoms with Gasteiger partial charge in [0.2, 0.25) is 0 Å². The standard InChI is InChI=1S/2C22H24FNO2/c2*23-22(11-17-7-3-1-4-8-17)12-19-14-24(15-20(19)13-22)21(25)26-16-18-9-5-2-6-10-18/h2*1-10,19-20H,11-16H2/t2*19-,20+,22?. The lowest BCUT2D eigenvalue weighted by molar-refractivity contribution is 0.0943. The molecular weight excluding hydrogens is 658 g/mol. The van der Waals surface area contributed by atoms with Crippen LogP contribution < -0.4 is 0 Å². The van der Waals surface area contributed by atoms with Gasteiger partial charge in [-0.3, -0.25) is 0 Å². The van der Waals surface area contributed by atoms with Crippen LogP contribution in [-0.4, -0.2) is 59.5 Å². The van der Waals surface area contributed by atoms with Crippen molar-refractivity contribution in [3.05, 3.63) is 144 Å². The third-order valence-electron chi connectivity index (χ3n) is 11.3. The van der Waals surface area contributed by atoms with Crippen LogP contribution in [0.2, 0.25) is 0 Å². The van der Waals surface area contributed by atoms with Gasteiger partial charge in [0.25, 0.3) is 0 Å². The van der Waals surface area contributed by atoms with Crippen LogP contribution in [-0.2, 0) is 35.5 Å². The average Bonchev–Trinajstić information content (AvgIpc) is 3.89. The van der Waals surface area contributed by atoms with Crippen molar-refractivity contribution in [2.75, 3.05) is 26.2 Å². The molecule has 0 radical (unpaired) electrons. The van der Waals surface area contributed by atoms with Gasteiger partial charge in [-0.25, -0.2) is 18.4 Å². The molecule has 272 valence electrons. The molecule has 6 nitrogen and oxygen atoms in total. The lowest BCUT2D eigenvalue weighted by Gasteiger charge is -2.23. The Morgan fingerprint density at radius 3 is 1.04 bits per heavy atom. The smallest absolute Gasteiger partial charge is 0.410 e. The molecule has 4 fully saturated rings. The van der Waals surface area contributed by atoms with Crippen molar-refractivity contribution < 1.29 is 27.8 Å². The van der Waals surface area contributed by atoms with Crippen molar-refractivity contribution in [3.8, 4) is 0 Å². The van der Waals surface area contributed by atoms with Gasteiger partial charge in [0.1, 0.15) is 24.6 Å². The highest BCUT2D eigenvalue weighted by atomic mass is 19.1. The predicted molar refractivity (Wildman–Crippen MR) is 197 cm³/mol. The van der Waals surface area contributed by atoms with Gasteiger partial charge >= 0.3 is 12.2 Å². The zero-order valence-electron chi connectivity index (χ0n) is 29.6. The Labute approximate surface area is 305 Å². The first kappa shape index (κ1) is 35.7.